The van der Waals surface area contributed by atoms with Gasteiger partial charge >= 0.3 is 5.97 Å². The van der Waals surface area contributed by atoms with Crippen molar-refractivity contribution in [3.8, 4) is 0 Å². The molecule has 2 heterocycles. The van der Waals surface area contributed by atoms with Crippen LogP contribution in [0.15, 0.2) is 62.2 Å². The molecule has 0 fully saturated rings. The Balaban J connectivity index is 1.57. The molecule has 2 aromatic carbocycles. The molecule has 2 aromatic heterocycles. The third-order valence-corrected chi connectivity index (χ3v) is 3.79. The number of oxazole rings is 1. The summed E-state index contributed by atoms with van der Waals surface area (Å²) in [5.41, 5.74) is 1.15. The number of carbonyl (C=O) groups is 1. The van der Waals surface area contributed by atoms with Crippen LogP contribution in [0.1, 0.15) is 16.4 Å². The summed E-state index contributed by atoms with van der Waals surface area (Å²) >= 11 is 5.85. The van der Waals surface area contributed by atoms with E-state index >= 15 is 0 Å². The van der Waals surface area contributed by atoms with Crippen molar-refractivity contribution < 1.29 is 18.4 Å². The van der Waals surface area contributed by atoms with Gasteiger partial charge in [-0.1, -0.05) is 23.7 Å². The molecule has 0 unspecified atom stereocenters. The second-order valence-corrected chi connectivity index (χ2v) is 5.70. The van der Waals surface area contributed by atoms with Gasteiger partial charge in [0.2, 0.25) is 11.7 Å². The first-order valence-corrected chi connectivity index (χ1v) is 7.73. The Hall–Kier alpha value is -3.12. The average molecular weight is 356 g/mol. The number of ether oxygens (including phenoxy) is 1. The molecule has 124 valence electrons. The van der Waals surface area contributed by atoms with Gasteiger partial charge in [-0.2, -0.15) is 0 Å². The molecule has 0 bridgehead atoms. The smallest absolute Gasteiger partial charge is 0.374 e. The number of hydrogen-bond acceptors (Lipinski definition) is 6. The first-order valence-electron chi connectivity index (χ1n) is 7.35. The Morgan fingerprint density at radius 1 is 1.08 bits per heavy atom. The van der Waals surface area contributed by atoms with Gasteiger partial charge in [0.05, 0.1) is 5.39 Å². The molecule has 0 aliphatic rings. The summed E-state index contributed by atoms with van der Waals surface area (Å²) in [5.74, 6) is -0.725. The summed E-state index contributed by atoms with van der Waals surface area (Å²) in [6.45, 7) is -0.171. The molecule has 4 rings (SSSR count). The summed E-state index contributed by atoms with van der Waals surface area (Å²) in [5, 5.41) is 0.703. The van der Waals surface area contributed by atoms with E-state index in [4.69, 9.17) is 25.2 Å². The largest absolute Gasteiger partial charge is 0.450 e. The fourth-order valence-corrected chi connectivity index (χ4v) is 2.58. The number of hydrogen-bond donors (Lipinski definition) is 0. The summed E-state index contributed by atoms with van der Waals surface area (Å²) < 4.78 is 16.0. The van der Waals surface area contributed by atoms with Crippen LogP contribution in [0.3, 0.4) is 0 Å². The Morgan fingerprint density at radius 2 is 1.92 bits per heavy atom. The molecule has 0 N–H and O–H groups in total. The Bertz CT molecular complexity index is 1130. The van der Waals surface area contributed by atoms with Gasteiger partial charge in [-0.25, -0.2) is 9.78 Å². The van der Waals surface area contributed by atoms with Gasteiger partial charge in [0.15, 0.2) is 17.6 Å². The van der Waals surface area contributed by atoms with Crippen molar-refractivity contribution in [1.29, 1.82) is 0 Å². The topological polar surface area (TPSA) is 82.5 Å². The van der Waals surface area contributed by atoms with Crippen LogP contribution in [0.25, 0.3) is 22.1 Å². The highest BCUT2D eigenvalue weighted by Crippen LogP contribution is 2.19. The number of carbonyl (C=O) groups excluding carboxylic acids is 1. The Morgan fingerprint density at radius 3 is 2.76 bits per heavy atom. The lowest BCUT2D eigenvalue weighted by atomic mass is 10.2. The summed E-state index contributed by atoms with van der Waals surface area (Å²) in [6, 6.07) is 12.9. The molecular weight excluding hydrogens is 346 g/mol. The van der Waals surface area contributed by atoms with E-state index in [1.807, 2.05) is 12.1 Å². The fraction of sp³-hybridized carbons (Fsp3) is 0.0556. The average Bonchev–Trinajstić information content (AvgIpc) is 3.03. The van der Waals surface area contributed by atoms with Gasteiger partial charge in [-0.15, -0.1) is 0 Å². The monoisotopic (exact) mass is 355 g/mol. The first-order chi connectivity index (χ1) is 12.1. The van der Waals surface area contributed by atoms with E-state index in [2.05, 4.69) is 4.98 Å². The number of fused-ring (bicyclic) bond motifs is 2. The predicted molar refractivity (Wildman–Crippen MR) is 90.6 cm³/mol. The van der Waals surface area contributed by atoms with E-state index in [-0.39, 0.29) is 29.3 Å². The van der Waals surface area contributed by atoms with E-state index in [1.54, 1.807) is 18.2 Å². The van der Waals surface area contributed by atoms with Gasteiger partial charge in [-0.3, -0.25) is 4.79 Å². The van der Waals surface area contributed by atoms with E-state index in [9.17, 15) is 9.59 Å². The summed E-state index contributed by atoms with van der Waals surface area (Å²) in [6.07, 6.45) is 0. The molecule has 6 nitrogen and oxygen atoms in total. The SMILES string of the molecule is O=C(OCc1nc2ccccc2o1)c1cc(=O)c2cc(Cl)ccc2o1. The molecule has 0 saturated carbocycles. The van der Waals surface area contributed by atoms with Crippen molar-refractivity contribution in [2.45, 2.75) is 6.61 Å². The standard InChI is InChI=1S/C18H10ClNO5/c19-10-5-6-14-11(7-10)13(21)8-16(24-14)18(22)23-9-17-20-12-3-1-2-4-15(12)25-17/h1-8H,9H2. The maximum Gasteiger partial charge on any atom is 0.374 e. The first kappa shape index (κ1) is 15.4. The molecule has 4 aromatic rings. The van der Waals surface area contributed by atoms with Gasteiger partial charge in [0.25, 0.3) is 0 Å². The van der Waals surface area contributed by atoms with Crippen LogP contribution in [-0.2, 0) is 11.3 Å². The van der Waals surface area contributed by atoms with Crippen molar-refractivity contribution in [2.75, 3.05) is 0 Å². The van der Waals surface area contributed by atoms with Crippen molar-refractivity contribution in [3.05, 3.63) is 75.4 Å². The van der Waals surface area contributed by atoms with Crippen molar-refractivity contribution in [2.24, 2.45) is 0 Å². The Kier molecular flexibility index (Phi) is 3.74. The number of halogens is 1. The van der Waals surface area contributed by atoms with Gasteiger partial charge in [0.1, 0.15) is 11.1 Å². The van der Waals surface area contributed by atoms with Crippen LogP contribution in [-0.4, -0.2) is 11.0 Å². The highest BCUT2D eigenvalue weighted by atomic mass is 35.5. The number of aromatic nitrogens is 1. The van der Waals surface area contributed by atoms with E-state index in [1.165, 1.54) is 12.1 Å². The van der Waals surface area contributed by atoms with Crippen LogP contribution in [0.2, 0.25) is 5.02 Å². The van der Waals surface area contributed by atoms with Gasteiger partial charge in [0, 0.05) is 11.1 Å². The third kappa shape index (κ3) is 2.99. The lowest BCUT2D eigenvalue weighted by Gasteiger charge is -2.03. The van der Waals surface area contributed by atoms with Crippen molar-refractivity contribution in [3.63, 3.8) is 0 Å². The number of esters is 1. The highest BCUT2D eigenvalue weighted by molar-refractivity contribution is 6.31. The second-order valence-electron chi connectivity index (χ2n) is 5.27. The summed E-state index contributed by atoms with van der Waals surface area (Å²) in [4.78, 5) is 28.4. The van der Waals surface area contributed by atoms with E-state index < -0.39 is 5.97 Å². The number of para-hydroxylation sites is 2. The zero-order chi connectivity index (χ0) is 17.4. The number of benzene rings is 2. The third-order valence-electron chi connectivity index (χ3n) is 3.56. The molecule has 0 aliphatic heterocycles. The predicted octanol–water partition coefficient (Wildman–Crippen LogP) is 3.94. The maximum atomic E-state index is 12.1. The molecule has 0 atom stereocenters. The van der Waals surface area contributed by atoms with Crippen LogP contribution < -0.4 is 5.43 Å². The normalized spacial score (nSPS) is 11.1. The lowest BCUT2D eigenvalue weighted by Crippen LogP contribution is -2.10. The highest BCUT2D eigenvalue weighted by Gasteiger charge is 2.16. The maximum absolute atomic E-state index is 12.1. The Labute approximate surface area is 145 Å². The number of rotatable bonds is 3. The minimum atomic E-state index is -0.781. The molecule has 0 amide bonds. The summed E-state index contributed by atoms with van der Waals surface area (Å²) in [7, 11) is 0. The molecule has 0 saturated heterocycles. The van der Waals surface area contributed by atoms with Gasteiger partial charge < -0.3 is 13.6 Å². The van der Waals surface area contributed by atoms with Crippen LogP contribution in [0.5, 0.6) is 0 Å². The zero-order valence-corrected chi connectivity index (χ0v) is 13.4. The quantitative estimate of drug-likeness (QED) is 0.517. The second kappa shape index (κ2) is 6.07. The molecule has 0 spiro atoms. The van der Waals surface area contributed by atoms with Crippen LogP contribution in [0, 0.1) is 0 Å². The molecule has 25 heavy (non-hydrogen) atoms. The minimum absolute atomic E-state index is 0.171. The molecule has 7 heteroatoms. The van der Waals surface area contributed by atoms with E-state index in [0.29, 0.717) is 21.5 Å². The lowest BCUT2D eigenvalue weighted by molar-refractivity contribution is 0.0404. The molecule has 0 aliphatic carbocycles. The van der Waals surface area contributed by atoms with Crippen LogP contribution >= 0.6 is 11.6 Å². The van der Waals surface area contributed by atoms with Crippen LogP contribution in [0.4, 0.5) is 0 Å². The minimum Gasteiger partial charge on any atom is -0.450 e. The fourth-order valence-electron chi connectivity index (χ4n) is 2.41. The van der Waals surface area contributed by atoms with E-state index in [0.717, 1.165) is 6.07 Å². The number of nitrogens with zero attached hydrogens (tertiary/aromatic N) is 1. The molecular formula is C18H10ClNO5. The van der Waals surface area contributed by atoms with Gasteiger partial charge in [-0.05, 0) is 30.3 Å². The van der Waals surface area contributed by atoms with Crippen molar-refractivity contribution >= 4 is 39.6 Å². The van der Waals surface area contributed by atoms with Crippen molar-refractivity contribution in [1.82, 2.24) is 4.98 Å². The zero-order valence-electron chi connectivity index (χ0n) is 12.7. The molecule has 0 radical (unpaired) electrons.